The highest BCUT2D eigenvalue weighted by Crippen LogP contribution is 2.05. The van der Waals surface area contributed by atoms with Gasteiger partial charge in [0.25, 0.3) is 11.5 Å². The van der Waals surface area contributed by atoms with Gasteiger partial charge in [-0.2, -0.15) is 5.10 Å². The van der Waals surface area contributed by atoms with E-state index in [1.165, 1.54) is 28.3 Å². The first-order chi connectivity index (χ1) is 9.25. The molecule has 3 heterocycles. The van der Waals surface area contributed by atoms with Gasteiger partial charge in [0.05, 0.1) is 6.54 Å². The van der Waals surface area contributed by atoms with Crippen molar-refractivity contribution in [2.45, 2.75) is 6.54 Å². The van der Waals surface area contributed by atoms with E-state index < -0.39 is 5.91 Å². The van der Waals surface area contributed by atoms with Crippen LogP contribution >= 0.6 is 11.3 Å². The maximum Gasteiger partial charge on any atom is 0.271 e. The second-order valence-electron chi connectivity index (χ2n) is 3.65. The first kappa shape index (κ1) is 11.5. The molecule has 0 aliphatic rings. The quantitative estimate of drug-likeness (QED) is 0.689. The van der Waals surface area contributed by atoms with Gasteiger partial charge in [0.2, 0.25) is 0 Å². The SMILES string of the molecule is O=C(NCc1ncn[nH]1)c1cnc2sccn2c1=O. The van der Waals surface area contributed by atoms with Crippen LogP contribution in [0, 0.1) is 0 Å². The maximum absolute atomic E-state index is 12.0. The summed E-state index contributed by atoms with van der Waals surface area (Å²) in [5, 5.41) is 10.6. The van der Waals surface area contributed by atoms with E-state index in [2.05, 4.69) is 25.5 Å². The molecular weight excluding hydrogens is 268 g/mol. The Morgan fingerprint density at radius 3 is 3.16 bits per heavy atom. The number of fused-ring (bicyclic) bond motifs is 1. The molecule has 0 saturated heterocycles. The zero-order valence-electron chi connectivity index (χ0n) is 9.53. The van der Waals surface area contributed by atoms with Gasteiger partial charge in [-0.25, -0.2) is 9.97 Å². The van der Waals surface area contributed by atoms with Gasteiger partial charge in [-0.05, 0) is 0 Å². The highest BCUT2D eigenvalue weighted by molar-refractivity contribution is 7.15. The summed E-state index contributed by atoms with van der Waals surface area (Å²) in [7, 11) is 0. The Kier molecular flexibility index (Phi) is 2.80. The molecule has 9 heteroatoms. The molecule has 96 valence electrons. The lowest BCUT2D eigenvalue weighted by Gasteiger charge is -2.02. The number of H-pyrrole nitrogens is 1. The zero-order valence-corrected chi connectivity index (χ0v) is 10.3. The van der Waals surface area contributed by atoms with Crippen LogP contribution in [-0.4, -0.2) is 30.5 Å². The predicted molar refractivity (Wildman–Crippen MR) is 66.9 cm³/mol. The summed E-state index contributed by atoms with van der Waals surface area (Å²) in [4.78, 5) is 32.4. The number of amides is 1. The van der Waals surface area contributed by atoms with Gasteiger partial charge in [-0.1, -0.05) is 0 Å². The van der Waals surface area contributed by atoms with Crippen molar-refractivity contribution in [1.29, 1.82) is 0 Å². The first-order valence-electron chi connectivity index (χ1n) is 5.33. The normalized spacial score (nSPS) is 10.7. The smallest absolute Gasteiger partial charge is 0.271 e. The van der Waals surface area contributed by atoms with Gasteiger partial charge in [0.15, 0.2) is 4.96 Å². The van der Waals surface area contributed by atoms with Crippen molar-refractivity contribution in [3.63, 3.8) is 0 Å². The van der Waals surface area contributed by atoms with Crippen molar-refractivity contribution in [2.24, 2.45) is 0 Å². The summed E-state index contributed by atoms with van der Waals surface area (Å²) in [6.45, 7) is 0.171. The van der Waals surface area contributed by atoms with Crippen molar-refractivity contribution in [2.75, 3.05) is 0 Å². The van der Waals surface area contributed by atoms with E-state index in [4.69, 9.17) is 0 Å². The molecule has 0 bridgehead atoms. The van der Waals surface area contributed by atoms with E-state index in [0.717, 1.165) is 0 Å². The lowest BCUT2D eigenvalue weighted by Crippen LogP contribution is -2.31. The zero-order chi connectivity index (χ0) is 13.2. The van der Waals surface area contributed by atoms with Crippen LogP contribution in [-0.2, 0) is 6.54 Å². The number of hydrogen-bond acceptors (Lipinski definition) is 6. The number of carbonyl (C=O) groups is 1. The third kappa shape index (κ3) is 2.10. The molecule has 0 spiro atoms. The molecule has 0 aliphatic carbocycles. The van der Waals surface area contributed by atoms with E-state index in [0.29, 0.717) is 10.8 Å². The second-order valence-corrected chi connectivity index (χ2v) is 4.52. The summed E-state index contributed by atoms with van der Waals surface area (Å²) < 4.78 is 1.34. The number of carbonyl (C=O) groups excluding carboxylic acids is 1. The summed E-state index contributed by atoms with van der Waals surface area (Å²) in [6, 6.07) is 0. The van der Waals surface area contributed by atoms with Crippen molar-refractivity contribution < 1.29 is 4.79 Å². The van der Waals surface area contributed by atoms with Crippen LogP contribution in [0.1, 0.15) is 16.2 Å². The molecule has 0 aliphatic heterocycles. The average Bonchev–Trinajstić information content (AvgIpc) is 3.07. The molecule has 0 unspecified atom stereocenters. The third-order valence-electron chi connectivity index (χ3n) is 2.47. The monoisotopic (exact) mass is 276 g/mol. The van der Waals surface area contributed by atoms with Gasteiger partial charge in [-0.15, -0.1) is 11.3 Å². The summed E-state index contributed by atoms with van der Waals surface area (Å²) in [5.41, 5.74) is -0.392. The minimum atomic E-state index is -0.491. The summed E-state index contributed by atoms with van der Waals surface area (Å²) in [5.74, 6) is 0.0209. The fourth-order valence-electron chi connectivity index (χ4n) is 1.56. The summed E-state index contributed by atoms with van der Waals surface area (Å²) >= 11 is 1.33. The minimum absolute atomic E-state index is 0.00425. The molecule has 2 N–H and O–H groups in total. The van der Waals surface area contributed by atoms with E-state index in [9.17, 15) is 9.59 Å². The Morgan fingerprint density at radius 1 is 1.47 bits per heavy atom. The Hall–Kier alpha value is -2.55. The Labute approximate surface area is 110 Å². The molecule has 3 rings (SSSR count). The van der Waals surface area contributed by atoms with E-state index in [1.54, 1.807) is 11.6 Å². The molecule has 3 aromatic heterocycles. The van der Waals surface area contributed by atoms with Crippen molar-refractivity contribution in [3.8, 4) is 0 Å². The molecule has 0 saturated carbocycles. The molecule has 0 fully saturated rings. The van der Waals surface area contributed by atoms with Crippen molar-refractivity contribution in [1.82, 2.24) is 29.9 Å². The highest BCUT2D eigenvalue weighted by Gasteiger charge is 2.13. The fraction of sp³-hybridized carbons (Fsp3) is 0.100. The van der Waals surface area contributed by atoms with Crippen LogP contribution in [0.15, 0.2) is 28.9 Å². The molecule has 0 aromatic carbocycles. The van der Waals surface area contributed by atoms with Crippen molar-refractivity contribution in [3.05, 3.63) is 45.8 Å². The van der Waals surface area contributed by atoms with Crippen LogP contribution in [0.2, 0.25) is 0 Å². The largest absolute Gasteiger partial charge is 0.345 e. The van der Waals surface area contributed by atoms with Crippen LogP contribution in [0.3, 0.4) is 0 Å². The number of rotatable bonds is 3. The molecule has 0 atom stereocenters. The molecule has 19 heavy (non-hydrogen) atoms. The molecular formula is C10H8N6O2S. The van der Waals surface area contributed by atoms with Gasteiger partial charge in [0, 0.05) is 17.8 Å². The number of thiazole rings is 1. The lowest BCUT2D eigenvalue weighted by atomic mass is 10.3. The lowest BCUT2D eigenvalue weighted by molar-refractivity contribution is 0.0948. The number of nitrogens with one attached hydrogen (secondary N) is 2. The number of aromatic amines is 1. The van der Waals surface area contributed by atoms with Gasteiger partial charge in [-0.3, -0.25) is 19.1 Å². The topological polar surface area (TPSA) is 105 Å². The Bertz CT molecular complexity index is 775. The Balaban J connectivity index is 1.85. The van der Waals surface area contributed by atoms with Gasteiger partial charge in [0.1, 0.15) is 17.7 Å². The highest BCUT2D eigenvalue weighted by atomic mass is 32.1. The van der Waals surface area contributed by atoms with E-state index >= 15 is 0 Å². The van der Waals surface area contributed by atoms with Gasteiger partial charge >= 0.3 is 0 Å². The maximum atomic E-state index is 12.0. The second kappa shape index (κ2) is 4.61. The van der Waals surface area contributed by atoms with Crippen LogP contribution < -0.4 is 10.9 Å². The molecule has 1 amide bonds. The van der Waals surface area contributed by atoms with Crippen molar-refractivity contribution >= 4 is 22.2 Å². The Morgan fingerprint density at radius 2 is 2.37 bits per heavy atom. The molecule has 3 aromatic rings. The molecule has 0 radical (unpaired) electrons. The summed E-state index contributed by atoms with van der Waals surface area (Å²) in [6.07, 6.45) is 4.21. The number of nitrogens with zero attached hydrogens (tertiary/aromatic N) is 4. The fourth-order valence-corrected chi connectivity index (χ4v) is 2.23. The van der Waals surface area contributed by atoms with Crippen LogP contribution in [0.25, 0.3) is 4.96 Å². The minimum Gasteiger partial charge on any atom is -0.345 e. The standard InChI is InChI=1S/C10H8N6O2S/c17-8(11-4-7-13-5-14-15-7)6-3-12-10-16(9(6)18)1-2-19-10/h1-3,5H,4H2,(H,11,17)(H,13,14,15). The first-order valence-corrected chi connectivity index (χ1v) is 6.21. The number of aromatic nitrogens is 5. The van der Waals surface area contributed by atoms with E-state index in [1.807, 2.05) is 0 Å². The number of hydrogen-bond donors (Lipinski definition) is 2. The van der Waals surface area contributed by atoms with Gasteiger partial charge < -0.3 is 5.32 Å². The van der Waals surface area contributed by atoms with Crippen LogP contribution in [0.5, 0.6) is 0 Å². The predicted octanol–water partition coefficient (Wildman–Crippen LogP) is -0.196. The van der Waals surface area contributed by atoms with E-state index in [-0.39, 0.29) is 17.7 Å². The molecule has 8 nitrogen and oxygen atoms in total. The van der Waals surface area contributed by atoms with Crippen LogP contribution in [0.4, 0.5) is 0 Å². The third-order valence-corrected chi connectivity index (χ3v) is 3.24. The average molecular weight is 276 g/mol.